The van der Waals surface area contributed by atoms with Crippen molar-refractivity contribution in [2.24, 2.45) is 0 Å². The fourth-order valence-corrected chi connectivity index (χ4v) is 7.08. The van der Waals surface area contributed by atoms with Crippen LogP contribution in [0.1, 0.15) is 35.3 Å². The summed E-state index contributed by atoms with van der Waals surface area (Å²) in [5.74, 6) is 0.123. The van der Waals surface area contributed by atoms with E-state index in [2.05, 4.69) is 42.7 Å². The lowest BCUT2D eigenvalue weighted by Crippen LogP contribution is -2.48. The number of anilines is 2. The second-order valence-electron chi connectivity index (χ2n) is 9.42. The van der Waals surface area contributed by atoms with Crippen LogP contribution in [0.5, 0.6) is 0 Å². The molecule has 0 bridgehead atoms. The van der Waals surface area contributed by atoms with Crippen LogP contribution in [0.15, 0.2) is 65.5 Å². The van der Waals surface area contributed by atoms with Crippen molar-refractivity contribution in [3.05, 3.63) is 83.7 Å². The first-order valence-corrected chi connectivity index (χ1v) is 14.8. The summed E-state index contributed by atoms with van der Waals surface area (Å²) in [4.78, 5) is 14.3. The molecule has 1 aliphatic rings. The number of nitriles is 1. The maximum atomic E-state index is 13.3. The molecular formula is C26H25F3N8O2S2. The van der Waals surface area contributed by atoms with E-state index in [1.165, 1.54) is 10.5 Å². The van der Waals surface area contributed by atoms with Gasteiger partial charge in [0.25, 0.3) is 10.0 Å². The van der Waals surface area contributed by atoms with Crippen molar-refractivity contribution in [2.75, 3.05) is 31.5 Å². The number of benzene rings is 1. The van der Waals surface area contributed by atoms with Gasteiger partial charge in [0.15, 0.2) is 9.34 Å². The van der Waals surface area contributed by atoms with Crippen molar-refractivity contribution in [1.82, 2.24) is 28.7 Å². The van der Waals surface area contributed by atoms with E-state index in [4.69, 9.17) is 5.26 Å². The molecule has 0 radical (unpaired) electrons. The van der Waals surface area contributed by atoms with E-state index in [1.54, 1.807) is 24.7 Å². The lowest BCUT2D eigenvalue weighted by atomic mass is 10.1. The maximum absolute atomic E-state index is 13.3. The van der Waals surface area contributed by atoms with Crippen LogP contribution >= 0.6 is 11.3 Å². The number of thiazole rings is 1. The first kappa shape index (κ1) is 28.7. The average molecular weight is 603 g/mol. The lowest BCUT2D eigenvalue weighted by molar-refractivity contribution is -0.137. The summed E-state index contributed by atoms with van der Waals surface area (Å²) in [6.45, 7) is 4.29. The molecule has 10 nitrogen and oxygen atoms in total. The molecule has 1 aromatic carbocycles. The van der Waals surface area contributed by atoms with Gasteiger partial charge in [-0.3, -0.25) is 4.90 Å². The Morgan fingerprint density at radius 1 is 1.05 bits per heavy atom. The Kier molecular flexibility index (Phi) is 8.09. The number of rotatable bonds is 8. The number of hydrogen-bond acceptors (Lipinski definition) is 9. The van der Waals surface area contributed by atoms with Gasteiger partial charge in [-0.05, 0) is 36.8 Å². The number of nitrogens with one attached hydrogen (secondary N) is 1. The van der Waals surface area contributed by atoms with Gasteiger partial charge in [-0.2, -0.15) is 22.7 Å². The predicted octanol–water partition coefficient (Wildman–Crippen LogP) is 4.48. The number of imidazole rings is 1. The van der Waals surface area contributed by atoms with Crippen molar-refractivity contribution in [3.63, 3.8) is 0 Å². The van der Waals surface area contributed by atoms with Crippen LogP contribution in [0.3, 0.4) is 0 Å². The normalized spacial score (nSPS) is 15.9. The number of nitrogens with zero attached hydrogens (tertiary/aromatic N) is 7. The Hall–Kier alpha value is -3.84. The highest BCUT2D eigenvalue weighted by molar-refractivity contribution is 7.91. The zero-order valence-corrected chi connectivity index (χ0v) is 23.4. The minimum absolute atomic E-state index is 0.00817. The molecule has 1 aliphatic heterocycles. The van der Waals surface area contributed by atoms with Crippen LogP contribution in [0.4, 0.5) is 24.1 Å². The van der Waals surface area contributed by atoms with Gasteiger partial charge < -0.3 is 9.88 Å². The number of alkyl halides is 3. The summed E-state index contributed by atoms with van der Waals surface area (Å²) in [5.41, 5.74) is 1.76. The van der Waals surface area contributed by atoms with Crippen molar-refractivity contribution < 1.29 is 21.6 Å². The Bertz CT molecular complexity index is 1640. The Morgan fingerprint density at radius 2 is 1.78 bits per heavy atom. The predicted molar refractivity (Wildman–Crippen MR) is 146 cm³/mol. The fraction of sp³-hybridized carbons (Fsp3) is 0.308. The van der Waals surface area contributed by atoms with Gasteiger partial charge in [0, 0.05) is 45.1 Å². The summed E-state index contributed by atoms with van der Waals surface area (Å²) in [6.07, 6.45) is 1.02. The molecule has 214 valence electrons. The van der Waals surface area contributed by atoms with Crippen LogP contribution in [-0.2, 0) is 22.7 Å². The Labute approximate surface area is 238 Å². The second-order valence-corrected chi connectivity index (χ2v) is 12.6. The third-order valence-corrected chi connectivity index (χ3v) is 10.1. The van der Waals surface area contributed by atoms with E-state index in [-0.39, 0.29) is 21.2 Å². The zero-order chi connectivity index (χ0) is 29.2. The molecule has 1 saturated heterocycles. The molecule has 41 heavy (non-hydrogen) atoms. The molecule has 1 atom stereocenters. The highest BCUT2D eigenvalue weighted by atomic mass is 32.2. The van der Waals surface area contributed by atoms with Gasteiger partial charge in [0.05, 0.1) is 41.5 Å². The van der Waals surface area contributed by atoms with Gasteiger partial charge in [-0.1, -0.05) is 23.5 Å². The number of aromatic nitrogens is 4. The van der Waals surface area contributed by atoms with Crippen molar-refractivity contribution >= 4 is 32.3 Å². The summed E-state index contributed by atoms with van der Waals surface area (Å²) in [7, 11) is -3.80. The van der Waals surface area contributed by atoms with E-state index in [0.29, 0.717) is 44.5 Å². The maximum Gasteiger partial charge on any atom is 0.417 e. The SMILES string of the molecule is C[C@H](c1ccc(C#N)cc1)n1cncc1CN1CCN(S(=O)(=O)c2cnc(Nc3ccc(C(F)(F)F)cn3)s2)CC1. The zero-order valence-electron chi connectivity index (χ0n) is 21.8. The molecule has 5 rings (SSSR count). The monoisotopic (exact) mass is 602 g/mol. The number of pyridine rings is 1. The van der Waals surface area contributed by atoms with Crippen molar-refractivity contribution in [2.45, 2.75) is 29.9 Å². The molecular weight excluding hydrogens is 577 g/mol. The standard InChI is InChI=1S/C26H25F3N8O2S2/c1-18(20-4-2-19(12-30)3-5-20)37-17-31-14-22(37)16-35-8-10-36(11-9-35)41(38,39)24-15-33-25(40-24)34-23-7-6-21(13-32-23)26(27,28)29/h2-7,13-15,17-18H,8-11,16H2,1H3,(H,32,33,34)/t18-/m1/s1. The highest BCUT2D eigenvalue weighted by Gasteiger charge is 2.32. The van der Waals surface area contributed by atoms with Crippen LogP contribution in [-0.4, -0.2) is 63.3 Å². The van der Waals surface area contributed by atoms with Gasteiger partial charge in [-0.15, -0.1) is 0 Å². The Balaban J connectivity index is 1.18. The molecule has 15 heteroatoms. The quantitative estimate of drug-likeness (QED) is 0.314. The molecule has 0 saturated carbocycles. The third-order valence-electron chi connectivity index (χ3n) is 6.81. The van der Waals surface area contributed by atoms with Crippen LogP contribution < -0.4 is 5.32 Å². The third kappa shape index (κ3) is 6.41. The molecule has 1 N–H and O–H groups in total. The van der Waals surface area contributed by atoms with E-state index >= 15 is 0 Å². The van der Waals surface area contributed by atoms with E-state index in [9.17, 15) is 21.6 Å². The van der Waals surface area contributed by atoms with Gasteiger partial charge in [0.2, 0.25) is 0 Å². The minimum Gasteiger partial charge on any atom is -0.326 e. The molecule has 0 amide bonds. The number of piperazine rings is 1. The molecule has 4 aromatic rings. The topological polar surface area (TPSA) is 120 Å². The molecule has 0 spiro atoms. The van der Waals surface area contributed by atoms with Crippen LogP contribution in [0.25, 0.3) is 0 Å². The van der Waals surface area contributed by atoms with Crippen LogP contribution in [0, 0.1) is 11.3 Å². The first-order valence-electron chi connectivity index (χ1n) is 12.5. The highest BCUT2D eigenvalue weighted by Crippen LogP contribution is 2.31. The average Bonchev–Trinajstić information content (AvgIpc) is 3.63. The summed E-state index contributed by atoms with van der Waals surface area (Å²) < 4.78 is 68.3. The molecule has 1 fully saturated rings. The lowest BCUT2D eigenvalue weighted by Gasteiger charge is -2.33. The summed E-state index contributed by atoms with van der Waals surface area (Å²) >= 11 is 0.891. The second kappa shape index (κ2) is 11.6. The van der Waals surface area contributed by atoms with E-state index < -0.39 is 21.8 Å². The molecule has 0 aliphatic carbocycles. The summed E-state index contributed by atoms with van der Waals surface area (Å²) in [6, 6.07) is 11.6. The molecule has 4 heterocycles. The molecule has 0 unspecified atom stereocenters. The molecule has 3 aromatic heterocycles. The van der Waals surface area contributed by atoms with Crippen molar-refractivity contribution in [3.8, 4) is 6.07 Å². The number of hydrogen-bond donors (Lipinski definition) is 1. The van der Waals surface area contributed by atoms with Crippen molar-refractivity contribution in [1.29, 1.82) is 5.26 Å². The fourth-order valence-electron chi connectivity index (χ4n) is 4.47. The number of halogens is 3. The van der Waals surface area contributed by atoms with Gasteiger partial charge >= 0.3 is 6.18 Å². The van der Waals surface area contributed by atoms with Gasteiger partial charge in [0.1, 0.15) is 5.82 Å². The first-order chi connectivity index (χ1) is 19.5. The van der Waals surface area contributed by atoms with E-state index in [0.717, 1.165) is 34.7 Å². The smallest absolute Gasteiger partial charge is 0.326 e. The van der Waals surface area contributed by atoms with Gasteiger partial charge in [-0.25, -0.2) is 23.4 Å². The summed E-state index contributed by atoms with van der Waals surface area (Å²) in [5, 5.41) is 12.0. The Morgan fingerprint density at radius 3 is 2.41 bits per heavy atom. The van der Waals surface area contributed by atoms with Crippen LogP contribution in [0.2, 0.25) is 0 Å². The largest absolute Gasteiger partial charge is 0.417 e. The minimum atomic E-state index is -4.50. The number of sulfonamides is 1. The van der Waals surface area contributed by atoms with E-state index in [1.807, 2.05) is 12.1 Å².